The molecule has 0 heterocycles. The first kappa shape index (κ1) is 13.2. The average Bonchev–Trinajstić information content (AvgIpc) is 2.16. The summed E-state index contributed by atoms with van der Waals surface area (Å²) >= 11 is 0. The number of aliphatic imine (C=N–C) groups is 1. The fraction of sp³-hybridized carbons (Fsp3) is 0.615. The highest BCUT2D eigenvalue weighted by molar-refractivity contribution is 5.81. The summed E-state index contributed by atoms with van der Waals surface area (Å²) in [5.74, 6) is 0.420. The van der Waals surface area contributed by atoms with Crippen LogP contribution in [0.2, 0.25) is 0 Å². The van der Waals surface area contributed by atoms with Crippen molar-refractivity contribution in [2.24, 2.45) is 10.9 Å². The van der Waals surface area contributed by atoms with Crippen molar-refractivity contribution < 1.29 is 0 Å². The van der Waals surface area contributed by atoms with Gasteiger partial charge in [-0.15, -0.1) is 0 Å². The van der Waals surface area contributed by atoms with Crippen molar-refractivity contribution in [3.8, 4) is 0 Å². The van der Waals surface area contributed by atoms with Gasteiger partial charge in [-0.25, -0.2) is 0 Å². The number of hydrogen-bond acceptors (Lipinski definition) is 1. The molecule has 0 N–H and O–H groups in total. The normalized spacial score (nSPS) is 17.1. The van der Waals surface area contributed by atoms with Gasteiger partial charge in [-0.3, -0.25) is 4.99 Å². The molecule has 1 heteroatoms. The molecule has 0 aliphatic rings. The lowest BCUT2D eigenvalue weighted by atomic mass is 9.96. The second kappa shape index (κ2) is 6.58. The van der Waals surface area contributed by atoms with E-state index >= 15 is 0 Å². The van der Waals surface area contributed by atoms with Crippen LogP contribution in [0.15, 0.2) is 29.3 Å². The Balaban J connectivity index is 4.39. The van der Waals surface area contributed by atoms with Gasteiger partial charge in [-0.1, -0.05) is 32.6 Å². The van der Waals surface area contributed by atoms with Crippen LogP contribution < -0.4 is 0 Å². The Morgan fingerprint density at radius 2 is 2.00 bits per heavy atom. The fourth-order valence-electron chi connectivity index (χ4n) is 1.30. The van der Waals surface area contributed by atoms with E-state index in [1.54, 1.807) is 0 Å². The molecule has 80 valence electrons. The van der Waals surface area contributed by atoms with Crippen molar-refractivity contribution in [1.82, 2.24) is 0 Å². The third-order valence-electron chi connectivity index (χ3n) is 2.53. The van der Waals surface area contributed by atoms with E-state index in [9.17, 15) is 0 Å². The summed E-state index contributed by atoms with van der Waals surface area (Å²) in [6, 6.07) is 0.237. The predicted octanol–water partition coefficient (Wildman–Crippen LogP) is 4.01. The molecule has 0 fully saturated rings. The van der Waals surface area contributed by atoms with E-state index in [0.29, 0.717) is 5.92 Å². The third-order valence-corrected chi connectivity index (χ3v) is 2.53. The molecule has 0 bridgehead atoms. The smallest absolute Gasteiger partial charge is 0.0683 e. The van der Waals surface area contributed by atoms with E-state index in [0.717, 1.165) is 6.42 Å². The van der Waals surface area contributed by atoms with Crippen molar-refractivity contribution in [3.05, 3.63) is 24.3 Å². The molecule has 0 saturated heterocycles. The van der Waals surface area contributed by atoms with Gasteiger partial charge in [-0.2, -0.15) is 0 Å². The Hall–Kier alpha value is -0.850. The summed E-state index contributed by atoms with van der Waals surface area (Å²) in [5, 5.41) is 0. The molecule has 0 radical (unpaired) electrons. The summed E-state index contributed by atoms with van der Waals surface area (Å²) < 4.78 is 0. The summed E-state index contributed by atoms with van der Waals surface area (Å²) in [7, 11) is 0. The van der Waals surface area contributed by atoms with Gasteiger partial charge in [0.25, 0.3) is 0 Å². The molecule has 2 unspecified atom stereocenters. The van der Waals surface area contributed by atoms with Crippen molar-refractivity contribution in [2.75, 3.05) is 0 Å². The molecule has 0 aromatic heterocycles. The summed E-state index contributed by atoms with van der Waals surface area (Å²) in [6.45, 7) is 14.6. The Labute approximate surface area is 88.6 Å². The van der Waals surface area contributed by atoms with Gasteiger partial charge in [0.2, 0.25) is 0 Å². The molecule has 0 aromatic carbocycles. The lowest BCUT2D eigenvalue weighted by Crippen LogP contribution is -2.10. The monoisotopic (exact) mass is 193 g/mol. The summed E-state index contributed by atoms with van der Waals surface area (Å²) in [6.07, 6.45) is 5.25. The number of allylic oxidation sites excluding steroid dienone is 2. The lowest BCUT2D eigenvalue weighted by Gasteiger charge is -2.15. The van der Waals surface area contributed by atoms with Crippen LogP contribution in [0, 0.1) is 5.92 Å². The first-order valence-corrected chi connectivity index (χ1v) is 5.37. The highest BCUT2D eigenvalue weighted by atomic mass is 14.8. The van der Waals surface area contributed by atoms with Crippen molar-refractivity contribution in [1.29, 1.82) is 0 Å². The van der Waals surface area contributed by atoms with Gasteiger partial charge in [0, 0.05) is 5.71 Å². The minimum Gasteiger partial charge on any atom is -0.287 e. The highest BCUT2D eigenvalue weighted by Gasteiger charge is 2.09. The molecular formula is C13H23N. The van der Waals surface area contributed by atoms with Crippen LogP contribution in [0.4, 0.5) is 0 Å². The van der Waals surface area contributed by atoms with Crippen molar-refractivity contribution >= 4 is 5.71 Å². The zero-order valence-electron chi connectivity index (χ0n) is 10.2. The summed E-state index contributed by atoms with van der Waals surface area (Å²) in [4.78, 5) is 4.58. The van der Waals surface area contributed by atoms with Gasteiger partial charge in [0.05, 0.1) is 6.04 Å². The maximum absolute atomic E-state index is 4.58. The zero-order valence-corrected chi connectivity index (χ0v) is 10.2. The molecule has 0 aromatic rings. The van der Waals surface area contributed by atoms with Gasteiger partial charge in [0.15, 0.2) is 0 Å². The zero-order chi connectivity index (χ0) is 11.1. The van der Waals surface area contributed by atoms with E-state index in [2.05, 4.69) is 51.4 Å². The van der Waals surface area contributed by atoms with E-state index in [4.69, 9.17) is 0 Å². The van der Waals surface area contributed by atoms with Crippen LogP contribution in [0.5, 0.6) is 0 Å². The molecule has 0 saturated carbocycles. The van der Waals surface area contributed by atoms with Crippen LogP contribution in [0.3, 0.4) is 0 Å². The number of rotatable bonds is 5. The fourth-order valence-corrected chi connectivity index (χ4v) is 1.30. The predicted molar refractivity (Wildman–Crippen MR) is 66.0 cm³/mol. The first-order valence-electron chi connectivity index (χ1n) is 5.37. The van der Waals surface area contributed by atoms with E-state index < -0.39 is 0 Å². The second-order valence-electron chi connectivity index (χ2n) is 3.78. The topological polar surface area (TPSA) is 12.4 Å². The Bertz CT molecular complexity index is 236. The standard InChI is InChI=1S/C13H23N/c1-7-9-10(3)12(5)13(6)14-11(4)8-2/h7,9-10,13H,5,8H2,1-4,6H3. The maximum Gasteiger partial charge on any atom is 0.0683 e. The third kappa shape index (κ3) is 4.40. The molecular weight excluding hydrogens is 170 g/mol. The minimum absolute atomic E-state index is 0.237. The minimum atomic E-state index is 0.237. The van der Waals surface area contributed by atoms with Crippen LogP contribution >= 0.6 is 0 Å². The number of hydrogen-bond donors (Lipinski definition) is 0. The van der Waals surface area contributed by atoms with Crippen LogP contribution in [-0.4, -0.2) is 11.8 Å². The van der Waals surface area contributed by atoms with Crippen LogP contribution in [0.1, 0.15) is 41.0 Å². The Morgan fingerprint density at radius 1 is 1.43 bits per heavy atom. The molecule has 1 nitrogen and oxygen atoms in total. The maximum atomic E-state index is 4.58. The molecule has 0 rings (SSSR count). The average molecular weight is 193 g/mol. The molecule has 14 heavy (non-hydrogen) atoms. The van der Waals surface area contributed by atoms with Gasteiger partial charge >= 0.3 is 0 Å². The molecule has 0 spiro atoms. The van der Waals surface area contributed by atoms with Crippen LogP contribution in [0.25, 0.3) is 0 Å². The molecule has 0 aliphatic heterocycles. The summed E-state index contributed by atoms with van der Waals surface area (Å²) in [5.41, 5.74) is 2.39. The number of nitrogens with zero attached hydrogens (tertiary/aromatic N) is 1. The largest absolute Gasteiger partial charge is 0.287 e. The van der Waals surface area contributed by atoms with E-state index in [-0.39, 0.29) is 6.04 Å². The molecule has 2 atom stereocenters. The van der Waals surface area contributed by atoms with E-state index in [1.807, 2.05) is 6.92 Å². The SMILES string of the molecule is C=C(C(C)C=CC)C(C)N=C(C)CC. The molecule has 0 amide bonds. The van der Waals surface area contributed by atoms with Gasteiger partial charge < -0.3 is 0 Å². The lowest BCUT2D eigenvalue weighted by molar-refractivity contribution is 0.729. The second-order valence-corrected chi connectivity index (χ2v) is 3.78. The highest BCUT2D eigenvalue weighted by Crippen LogP contribution is 2.16. The Kier molecular flexibility index (Phi) is 6.18. The quantitative estimate of drug-likeness (QED) is 0.462. The van der Waals surface area contributed by atoms with Gasteiger partial charge in [0.1, 0.15) is 0 Å². The van der Waals surface area contributed by atoms with Gasteiger partial charge in [-0.05, 0) is 38.7 Å². The van der Waals surface area contributed by atoms with Crippen LogP contribution in [-0.2, 0) is 0 Å². The van der Waals surface area contributed by atoms with Crippen molar-refractivity contribution in [2.45, 2.75) is 47.1 Å². The van der Waals surface area contributed by atoms with Crippen molar-refractivity contribution in [3.63, 3.8) is 0 Å². The van der Waals surface area contributed by atoms with E-state index in [1.165, 1.54) is 11.3 Å². The molecule has 0 aliphatic carbocycles. The Morgan fingerprint density at radius 3 is 2.43 bits per heavy atom. The first-order chi connectivity index (χ1) is 6.52.